The lowest BCUT2D eigenvalue weighted by atomic mass is 9.78. The molecule has 7 nitrogen and oxygen atoms in total. The second-order valence-corrected chi connectivity index (χ2v) is 7.90. The van der Waals surface area contributed by atoms with Gasteiger partial charge in [0.1, 0.15) is 12.1 Å². The summed E-state index contributed by atoms with van der Waals surface area (Å²) in [7, 11) is 0. The Morgan fingerprint density at radius 3 is 2.93 bits per heavy atom. The van der Waals surface area contributed by atoms with Crippen LogP contribution in [0.3, 0.4) is 0 Å². The summed E-state index contributed by atoms with van der Waals surface area (Å²) >= 11 is 0. The third-order valence-electron chi connectivity index (χ3n) is 5.08. The van der Waals surface area contributed by atoms with E-state index in [-0.39, 0.29) is 18.0 Å². The van der Waals surface area contributed by atoms with Gasteiger partial charge in [-0.15, -0.1) is 0 Å². The molecule has 1 aliphatic rings. The van der Waals surface area contributed by atoms with Crippen molar-refractivity contribution in [2.45, 2.75) is 39.7 Å². The Hall–Kier alpha value is -3.22. The van der Waals surface area contributed by atoms with E-state index in [2.05, 4.69) is 35.3 Å². The summed E-state index contributed by atoms with van der Waals surface area (Å²) < 4.78 is 6.40. The minimum atomic E-state index is -0.326. The predicted molar refractivity (Wildman–Crippen MR) is 107 cm³/mol. The van der Waals surface area contributed by atoms with E-state index in [1.165, 1.54) is 17.1 Å². The van der Waals surface area contributed by atoms with Crippen LogP contribution in [0.4, 0.5) is 5.69 Å². The number of oxazole rings is 1. The molecule has 0 bridgehead atoms. The molecule has 1 amide bonds. The molecular formula is C21H22N4O3. The third kappa shape index (κ3) is 3.88. The van der Waals surface area contributed by atoms with Gasteiger partial charge in [0.25, 0.3) is 5.56 Å². The van der Waals surface area contributed by atoms with Gasteiger partial charge in [-0.05, 0) is 54.5 Å². The summed E-state index contributed by atoms with van der Waals surface area (Å²) in [5.41, 5.74) is 3.77. The summed E-state index contributed by atoms with van der Waals surface area (Å²) in [6.45, 7) is 4.34. The normalized spacial score (nSPS) is 16.0. The monoisotopic (exact) mass is 378 g/mol. The Morgan fingerprint density at radius 2 is 2.14 bits per heavy atom. The second kappa shape index (κ2) is 7.07. The molecule has 144 valence electrons. The molecule has 0 spiro atoms. The van der Waals surface area contributed by atoms with Crippen LogP contribution in [0, 0.1) is 5.41 Å². The molecule has 7 heteroatoms. The molecule has 0 aliphatic heterocycles. The molecular weight excluding hydrogens is 356 g/mol. The van der Waals surface area contributed by atoms with Crippen molar-refractivity contribution in [1.29, 1.82) is 0 Å². The zero-order valence-electron chi connectivity index (χ0n) is 15.9. The number of aromatic nitrogens is 3. The Labute approximate surface area is 162 Å². The lowest BCUT2D eigenvalue weighted by Crippen LogP contribution is -2.30. The number of hydrogen-bond donors (Lipinski definition) is 1. The van der Waals surface area contributed by atoms with Crippen LogP contribution < -0.4 is 10.9 Å². The van der Waals surface area contributed by atoms with Gasteiger partial charge in [0.2, 0.25) is 5.91 Å². The van der Waals surface area contributed by atoms with Gasteiger partial charge in [-0.2, -0.15) is 5.10 Å². The van der Waals surface area contributed by atoms with Crippen molar-refractivity contribution >= 4 is 28.3 Å². The first kappa shape index (κ1) is 18.2. The van der Waals surface area contributed by atoms with Gasteiger partial charge in [-0.3, -0.25) is 9.59 Å². The molecule has 1 N–H and O–H groups in total. The molecule has 1 aliphatic carbocycles. The van der Waals surface area contributed by atoms with Gasteiger partial charge < -0.3 is 9.73 Å². The largest absolute Gasteiger partial charge is 0.443 e. The molecule has 0 unspecified atom stereocenters. The number of nitrogens with one attached hydrogen (secondary N) is 1. The van der Waals surface area contributed by atoms with Crippen molar-refractivity contribution in [3.05, 3.63) is 58.8 Å². The maximum atomic E-state index is 12.4. The minimum Gasteiger partial charge on any atom is -0.443 e. The van der Waals surface area contributed by atoms with Gasteiger partial charge in [0.15, 0.2) is 12.0 Å². The zero-order chi connectivity index (χ0) is 19.7. The Kier molecular flexibility index (Phi) is 4.58. The standard InChI is InChI=1S/C21H22N4O3/c1-21(2)9-7-14(8-10-21)16-4-6-20(27)25(24-16)12-19(26)23-15-3-5-18-17(11-15)22-13-28-18/h3-7,11,13H,8-10,12H2,1-2H3,(H,23,26). The molecule has 0 fully saturated rings. The van der Waals surface area contributed by atoms with Crippen LogP contribution in [0.5, 0.6) is 0 Å². The average molecular weight is 378 g/mol. The zero-order valence-corrected chi connectivity index (χ0v) is 15.9. The van der Waals surface area contributed by atoms with E-state index >= 15 is 0 Å². The van der Waals surface area contributed by atoms with Crippen molar-refractivity contribution in [1.82, 2.24) is 14.8 Å². The van der Waals surface area contributed by atoms with E-state index in [1.54, 1.807) is 24.3 Å². The van der Waals surface area contributed by atoms with E-state index in [4.69, 9.17) is 4.42 Å². The van der Waals surface area contributed by atoms with E-state index in [0.717, 1.165) is 30.5 Å². The first-order chi connectivity index (χ1) is 13.4. The molecule has 1 aromatic carbocycles. The number of anilines is 1. The van der Waals surface area contributed by atoms with Crippen molar-refractivity contribution in [3.63, 3.8) is 0 Å². The van der Waals surface area contributed by atoms with Crippen LogP contribution in [0.15, 0.2) is 52.0 Å². The van der Waals surface area contributed by atoms with Crippen LogP contribution in [0.1, 0.15) is 38.8 Å². The van der Waals surface area contributed by atoms with Gasteiger partial charge >= 0.3 is 0 Å². The van der Waals surface area contributed by atoms with Gasteiger partial charge in [-0.1, -0.05) is 19.9 Å². The highest BCUT2D eigenvalue weighted by molar-refractivity contribution is 5.92. The first-order valence-corrected chi connectivity index (χ1v) is 9.30. The van der Waals surface area contributed by atoms with Gasteiger partial charge in [0, 0.05) is 11.8 Å². The molecule has 4 rings (SSSR count). The van der Waals surface area contributed by atoms with Crippen LogP contribution >= 0.6 is 0 Å². The topological polar surface area (TPSA) is 90.0 Å². The molecule has 0 saturated carbocycles. The number of amides is 1. The van der Waals surface area contributed by atoms with E-state index < -0.39 is 0 Å². The Morgan fingerprint density at radius 1 is 1.29 bits per heavy atom. The first-order valence-electron chi connectivity index (χ1n) is 9.30. The van der Waals surface area contributed by atoms with E-state index in [0.29, 0.717) is 22.2 Å². The maximum absolute atomic E-state index is 12.4. The SMILES string of the molecule is CC1(C)CC=C(c2ccc(=O)n(CC(=O)Nc3ccc4ocnc4c3)n2)CC1. The van der Waals surface area contributed by atoms with Crippen molar-refractivity contribution in [2.24, 2.45) is 5.41 Å². The highest BCUT2D eigenvalue weighted by atomic mass is 16.3. The van der Waals surface area contributed by atoms with Crippen molar-refractivity contribution in [3.8, 4) is 0 Å². The minimum absolute atomic E-state index is 0.150. The highest BCUT2D eigenvalue weighted by Gasteiger charge is 2.22. The van der Waals surface area contributed by atoms with E-state index in [9.17, 15) is 9.59 Å². The number of allylic oxidation sites excluding steroid dienone is 2. The summed E-state index contributed by atoms with van der Waals surface area (Å²) in [5.74, 6) is -0.326. The van der Waals surface area contributed by atoms with Crippen LogP contribution in [-0.4, -0.2) is 20.7 Å². The molecule has 0 atom stereocenters. The number of nitrogens with zero attached hydrogens (tertiary/aromatic N) is 3. The van der Waals surface area contributed by atoms with E-state index in [1.807, 2.05) is 0 Å². The van der Waals surface area contributed by atoms with Crippen molar-refractivity contribution in [2.75, 3.05) is 5.32 Å². The molecule has 3 aromatic rings. The average Bonchev–Trinajstić information content (AvgIpc) is 3.11. The number of hydrogen-bond acceptors (Lipinski definition) is 5. The van der Waals surface area contributed by atoms with Gasteiger partial charge in [-0.25, -0.2) is 9.67 Å². The molecule has 28 heavy (non-hydrogen) atoms. The summed E-state index contributed by atoms with van der Waals surface area (Å²) in [6, 6.07) is 8.39. The summed E-state index contributed by atoms with van der Waals surface area (Å²) in [6.07, 6.45) is 6.51. The Bertz CT molecular complexity index is 1120. The smallest absolute Gasteiger partial charge is 0.267 e. The van der Waals surface area contributed by atoms with Crippen LogP contribution in [-0.2, 0) is 11.3 Å². The van der Waals surface area contributed by atoms with Crippen LogP contribution in [0.2, 0.25) is 0 Å². The summed E-state index contributed by atoms with van der Waals surface area (Å²) in [4.78, 5) is 28.6. The molecule has 2 aromatic heterocycles. The fourth-order valence-electron chi connectivity index (χ4n) is 3.31. The lowest BCUT2D eigenvalue weighted by molar-refractivity contribution is -0.117. The predicted octanol–water partition coefficient (Wildman–Crippen LogP) is 3.62. The fraction of sp³-hybridized carbons (Fsp3) is 0.333. The fourth-order valence-corrected chi connectivity index (χ4v) is 3.31. The number of fused-ring (bicyclic) bond motifs is 1. The Balaban J connectivity index is 1.50. The van der Waals surface area contributed by atoms with Crippen molar-refractivity contribution < 1.29 is 9.21 Å². The lowest BCUT2D eigenvalue weighted by Gasteiger charge is -2.28. The molecule has 2 heterocycles. The molecule has 0 radical (unpaired) electrons. The quantitative estimate of drug-likeness (QED) is 0.749. The van der Waals surface area contributed by atoms with Gasteiger partial charge in [0.05, 0.1) is 5.69 Å². The second-order valence-electron chi connectivity index (χ2n) is 7.90. The number of carbonyl (C=O) groups excluding carboxylic acids is 1. The maximum Gasteiger partial charge on any atom is 0.267 e. The molecule has 0 saturated heterocycles. The number of carbonyl (C=O) groups is 1. The summed E-state index contributed by atoms with van der Waals surface area (Å²) in [5, 5.41) is 7.19. The third-order valence-corrected chi connectivity index (χ3v) is 5.08. The highest BCUT2D eigenvalue weighted by Crippen LogP contribution is 2.37. The van der Waals surface area contributed by atoms with Crippen LogP contribution in [0.25, 0.3) is 16.7 Å². The number of benzene rings is 1. The number of rotatable bonds is 4.